The summed E-state index contributed by atoms with van der Waals surface area (Å²) in [5.41, 5.74) is 0.782. The molecule has 25 heavy (non-hydrogen) atoms. The van der Waals surface area contributed by atoms with E-state index >= 15 is 0 Å². The summed E-state index contributed by atoms with van der Waals surface area (Å²) in [4.78, 5) is 29.7. The Morgan fingerprint density at radius 1 is 1.32 bits per heavy atom. The summed E-state index contributed by atoms with van der Waals surface area (Å²) in [6, 6.07) is 6.43. The molecule has 132 valence electrons. The fourth-order valence-corrected chi connectivity index (χ4v) is 3.74. The number of piperidine rings is 1. The number of halogens is 1. The number of carbonyl (C=O) groups is 2. The minimum atomic E-state index is -0.338. The molecule has 1 aromatic carbocycles. The lowest BCUT2D eigenvalue weighted by atomic mass is 9.96. The van der Waals surface area contributed by atoms with Crippen LogP contribution in [0.15, 0.2) is 29.6 Å². The molecule has 2 heterocycles. The lowest BCUT2D eigenvalue weighted by molar-refractivity contribution is -0.119. The quantitative estimate of drug-likeness (QED) is 0.911. The van der Waals surface area contributed by atoms with Crippen LogP contribution in [0.3, 0.4) is 0 Å². The van der Waals surface area contributed by atoms with Gasteiger partial charge in [0.2, 0.25) is 5.91 Å². The number of likely N-dealkylation sites (tertiary alicyclic amines) is 1. The first-order valence-electron chi connectivity index (χ1n) is 8.28. The van der Waals surface area contributed by atoms with Crippen molar-refractivity contribution in [2.75, 3.05) is 19.6 Å². The number of benzene rings is 1. The first kappa shape index (κ1) is 17.5. The Kier molecular flexibility index (Phi) is 5.43. The van der Waals surface area contributed by atoms with Crippen LogP contribution in [0.25, 0.3) is 10.6 Å². The zero-order valence-corrected chi connectivity index (χ0v) is 14.8. The van der Waals surface area contributed by atoms with Gasteiger partial charge in [-0.2, -0.15) is 0 Å². The molecular formula is C18H20FN3O2S. The molecule has 1 N–H and O–H groups in total. The minimum absolute atomic E-state index is 0.0262. The van der Waals surface area contributed by atoms with E-state index in [1.807, 2.05) is 0 Å². The van der Waals surface area contributed by atoms with E-state index in [-0.39, 0.29) is 17.6 Å². The molecule has 1 aliphatic rings. The Hall–Kier alpha value is -2.28. The predicted molar refractivity (Wildman–Crippen MR) is 94.8 cm³/mol. The second kappa shape index (κ2) is 7.74. The number of hydrogen-bond donors (Lipinski definition) is 1. The molecule has 1 fully saturated rings. The average molecular weight is 361 g/mol. The summed E-state index contributed by atoms with van der Waals surface area (Å²) in [5.74, 6) is -0.0783. The van der Waals surface area contributed by atoms with Crippen molar-refractivity contribution in [1.82, 2.24) is 15.2 Å². The predicted octanol–water partition coefficient (Wildman–Crippen LogP) is 2.94. The zero-order chi connectivity index (χ0) is 17.8. The lowest BCUT2D eigenvalue weighted by Crippen LogP contribution is -2.41. The molecule has 0 radical (unpaired) electrons. The largest absolute Gasteiger partial charge is 0.356 e. The zero-order valence-electron chi connectivity index (χ0n) is 14.0. The Balaban J connectivity index is 1.61. The molecule has 2 aromatic rings. The Bertz CT molecular complexity index is 769. The van der Waals surface area contributed by atoms with E-state index in [1.54, 1.807) is 28.5 Å². The van der Waals surface area contributed by atoms with Crippen molar-refractivity contribution in [3.05, 3.63) is 41.2 Å². The van der Waals surface area contributed by atoms with Crippen LogP contribution in [0.4, 0.5) is 4.39 Å². The second-order valence-electron chi connectivity index (χ2n) is 6.19. The van der Waals surface area contributed by atoms with Gasteiger partial charge in [0, 0.05) is 37.5 Å². The van der Waals surface area contributed by atoms with Gasteiger partial charge in [-0.25, -0.2) is 9.37 Å². The molecule has 0 saturated carbocycles. The minimum Gasteiger partial charge on any atom is -0.356 e. The standard InChI is InChI=1S/C18H20FN3O2S/c1-12(23)20-10-13-6-8-22(9-7-13)18(24)16-11-25-17(21-16)14-4-2-3-5-15(14)19/h2-5,11,13H,6-10H2,1H3,(H,20,23). The van der Waals surface area contributed by atoms with Crippen LogP contribution in [0.1, 0.15) is 30.3 Å². The number of nitrogens with one attached hydrogen (secondary N) is 1. The molecule has 0 atom stereocenters. The first-order chi connectivity index (χ1) is 12.0. The molecule has 1 saturated heterocycles. The normalized spacial score (nSPS) is 15.2. The van der Waals surface area contributed by atoms with Crippen molar-refractivity contribution in [3.63, 3.8) is 0 Å². The van der Waals surface area contributed by atoms with E-state index in [0.717, 1.165) is 12.8 Å². The lowest BCUT2D eigenvalue weighted by Gasteiger charge is -2.31. The number of rotatable bonds is 4. The molecule has 1 aromatic heterocycles. The molecule has 7 heteroatoms. The smallest absolute Gasteiger partial charge is 0.273 e. The molecule has 3 rings (SSSR count). The van der Waals surface area contributed by atoms with Gasteiger partial charge in [0.1, 0.15) is 16.5 Å². The van der Waals surface area contributed by atoms with Gasteiger partial charge in [0.05, 0.1) is 0 Å². The molecule has 0 aliphatic carbocycles. The van der Waals surface area contributed by atoms with E-state index in [9.17, 15) is 14.0 Å². The Labute approximate surface area is 149 Å². The number of amides is 2. The van der Waals surface area contributed by atoms with E-state index in [0.29, 0.717) is 41.8 Å². The number of aromatic nitrogens is 1. The van der Waals surface area contributed by atoms with Gasteiger partial charge < -0.3 is 10.2 Å². The highest BCUT2D eigenvalue weighted by Crippen LogP contribution is 2.27. The Morgan fingerprint density at radius 2 is 2.04 bits per heavy atom. The third kappa shape index (κ3) is 4.22. The molecule has 0 unspecified atom stereocenters. The van der Waals surface area contributed by atoms with Crippen LogP contribution in [-0.4, -0.2) is 41.3 Å². The van der Waals surface area contributed by atoms with Gasteiger partial charge >= 0.3 is 0 Å². The molecule has 1 aliphatic heterocycles. The number of hydrogen-bond acceptors (Lipinski definition) is 4. The average Bonchev–Trinajstić information content (AvgIpc) is 3.10. The highest BCUT2D eigenvalue weighted by molar-refractivity contribution is 7.13. The van der Waals surface area contributed by atoms with Crippen LogP contribution >= 0.6 is 11.3 Å². The van der Waals surface area contributed by atoms with E-state index in [4.69, 9.17) is 0 Å². The second-order valence-corrected chi connectivity index (χ2v) is 7.05. The Morgan fingerprint density at radius 3 is 2.72 bits per heavy atom. The molecule has 0 bridgehead atoms. The van der Waals surface area contributed by atoms with Gasteiger partial charge in [-0.3, -0.25) is 9.59 Å². The summed E-state index contributed by atoms with van der Waals surface area (Å²) in [5, 5.41) is 5.03. The summed E-state index contributed by atoms with van der Waals surface area (Å²) in [7, 11) is 0. The van der Waals surface area contributed by atoms with Crippen molar-refractivity contribution in [2.24, 2.45) is 5.92 Å². The maximum absolute atomic E-state index is 13.9. The SMILES string of the molecule is CC(=O)NCC1CCN(C(=O)c2csc(-c3ccccc3F)n2)CC1. The van der Waals surface area contributed by atoms with Gasteiger partial charge in [0.25, 0.3) is 5.91 Å². The van der Waals surface area contributed by atoms with Gasteiger partial charge in [-0.05, 0) is 30.9 Å². The summed E-state index contributed by atoms with van der Waals surface area (Å²) in [6.07, 6.45) is 1.71. The van der Waals surface area contributed by atoms with Crippen molar-refractivity contribution >= 4 is 23.2 Å². The molecule has 2 amide bonds. The summed E-state index contributed by atoms with van der Waals surface area (Å²) in [6.45, 7) is 3.46. The summed E-state index contributed by atoms with van der Waals surface area (Å²) >= 11 is 1.27. The number of thiazole rings is 1. The van der Waals surface area contributed by atoms with Gasteiger partial charge in [-0.15, -0.1) is 11.3 Å². The third-order valence-corrected chi connectivity index (χ3v) is 5.24. The first-order valence-corrected chi connectivity index (χ1v) is 9.16. The maximum Gasteiger partial charge on any atom is 0.273 e. The number of nitrogens with zero attached hydrogens (tertiary/aromatic N) is 2. The van der Waals surface area contributed by atoms with Gasteiger partial charge in [0.15, 0.2) is 0 Å². The monoisotopic (exact) mass is 361 g/mol. The van der Waals surface area contributed by atoms with Crippen molar-refractivity contribution in [2.45, 2.75) is 19.8 Å². The molecule has 0 spiro atoms. The topological polar surface area (TPSA) is 62.3 Å². The fraction of sp³-hybridized carbons (Fsp3) is 0.389. The maximum atomic E-state index is 13.9. The molecular weight excluding hydrogens is 341 g/mol. The van der Waals surface area contributed by atoms with Crippen molar-refractivity contribution in [3.8, 4) is 10.6 Å². The van der Waals surface area contributed by atoms with E-state index < -0.39 is 0 Å². The van der Waals surface area contributed by atoms with E-state index in [1.165, 1.54) is 24.3 Å². The third-order valence-electron chi connectivity index (χ3n) is 4.37. The highest BCUT2D eigenvalue weighted by atomic mass is 32.1. The number of carbonyl (C=O) groups excluding carboxylic acids is 2. The van der Waals surface area contributed by atoms with Crippen molar-refractivity contribution in [1.29, 1.82) is 0 Å². The van der Waals surface area contributed by atoms with Crippen LogP contribution in [0.5, 0.6) is 0 Å². The van der Waals surface area contributed by atoms with Crippen LogP contribution < -0.4 is 5.32 Å². The van der Waals surface area contributed by atoms with E-state index in [2.05, 4.69) is 10.3 Å². The van der Waals surface area contributed by atoms with Crippen LogP contribution in [-0.2, 0) is 4.79 Å². The molecule has 5 nitrogen and oxygen atoms in total. The highest BCUT2D eigenvalue weighted by Gasteiger charge is 2.25. The fourth-order valence-electron chi connectivity index (χ4n) is 2.92. The van der Waals surface area contributed by atoms with Crippen LogP contribution in [0.2, 0.25) is 0 Å². The van der Waals surface area contributed by atoms with Crippen molar-refractivity contribution < 1.29 is 14.0 Å². The van der Waals surface area contributed by atoms with Crippen LogP contribution in [0, 0.1) is 11.7 Å². The summed E-state index contributed by atoms with van der Waals surface area (Å²) < 4.78 is 13.9. The van der Waals surface area contributed by atoms with Gasteiger partial charge in [-0.1, -0.05) is 12.1 Å².